The van der Waals surface area contributed by atoms with Gasteiger partial charge in [-0.2, -0.15) is 0 Å². The van der Waals surface area contributed by atoms with E-state index in [0.29, 0.717) is 19.3 Å². The van der Waals surface area contributed by atoms with Crippen LogP contribution in [0, 0.1) is 5.92 Å². The van der Waals surface area contributed by atoms with Crippen molar-refractivity contribution in [3.63, 3.8) is 0 Å². The lowest BCUT2D eigenvalue weighted by Crippen LogP contribution is -2.28. The Morgan fingerprint density at radius 2 is 1.02 bits per heavy atom. The van der Waals surface area contributed by atoms with Gasteiger partial charge < -0.3 is 14.6 Å². The topological polar surface area (TPSA) is 89.9 Å². The molecule has 6 heteroatoms. The third-order valence-corrected chi connectivity index (χ3v) is 10.3. The smallest absolute Gasteiger partial charge is 0.306 e. The number of rotatable bonds is 40. The van der Waals surface area contributed by atoms with E-state index in [1.165, 1.54) is 128 Å². The quantitative estimate of drug-likeness (QED) is 0.0292. The number of ether oxygens (including phenoxy) is 2. The van der Waals surface area contributed by atoms with Crippen LogP contribution in [0.15, 0.2) is 24.3 Å². The molecule has 1 N–H and O–H groups in total. The van der Waals surface area contributed by atoms with E-state index in [-0.39, 0.29) is 30.9 Å². The van der Waals surface area contributed by atoms with Crippen molar-refractivity contribution in [2.75, 3.05) is 13.2 Å². The Labute approximate surface area is 321 Å². The highest BCUT2D eigenvalue weighted by molar-refractivity contribution is 5.89. The Balaban J connectivity index is 3.56. The maximum Gasteiger partial charge on any atom is 0.306 e. The summed E-state index contributed by atoms with van der Waals surface area (Å²) in [4.78, 5) is 36.3. The van der Waals surface area contributed by atoms with E-state index in [1.54, 1.807) is 6.08 Å². The first-order valence-electron chi connectivity index (χ1n) is 22.2. The highest BCUT2D eigenvalue weighted by Gasteiger charge is 2.16. The average Bonchev–Trinajstić information content (AvgIpc) is 3.14. The zero-order valence-corrected chi connectivity index (χ0v) is 34.5. The lowest BCUT2D eigenvalue weighted by Gasteiger charge is -2.15. The SMILES string of the molecule is CCCCC/C=C\C=C\C(=O)CCCCCCCC(=O)OC[C@H](CO)OC(=O)CCCCCCCCCCCCCCCCCCCCC(C)CC. The highest BCUT2D eigenvalue weighted by Crippen LogP contribution is 2.17. The molecule has 0 saturated carbocycles. The van der Waals surface area contributed by atoms with E-state index in [4.69, 9.17) is 9.47 Å². The molecule has 2 atom stereocenters. The Morgan fingerprint density at radius 1 is 0.558 bits per heavy atom. The summed E-state index contributed by atoms with van der Waals surface area (Å²) in [7, 11) is 0. The minimum absolute atomic E-state index is 0.108. The molecule has 0 radical (unpaired) electrons. The molecule has 6 nitrogen and oxygen atoms in total. The Hall–Kier alpha value is -1.95. The molecule has 0 aromatic carbocycles. The van der Waals surface area contributed by atoms with Crippen molar-refractivity contribution in [3.8, 4) is 0 Å². The molecule has 1 unspecified atom stereocenters. The third kappa shape index (κ3) is 37.8. The number of allylic oxidation sites excluding steroid dienone is 4. The minimum Gasteiger partial charge on any atom is -0.462 e. The molecular formula is C46H84O6. The zero-order chi connectivity index (χ0) is 38.2. The van der Waals surface area contributed by atoms with Gasteiger partial charge in [-0.3, -0.25) is 14.4 Å². The number of aliphatic hydroxyl groups excluding tert-OH is 1. The number of esters is 2. The summed E-state index contributed by atoms with van der Waals surface area (Å²) in [5.41, 5.74) is 0. The molecule has 0 heterocycles. The van der Waals surface area contributed by atoms with Gasteiger partial charge in [0.1, 0.15) is 6.61 Å². The highest BCUT2D eigenvalue weighted by atomic mass is 16.6. The van der Waals surface area contributed by atoms with Crippen LogP contribution in [-0.2, 0) is 23.9 Å². The Kier molecular flexibility index (Phi) is 38.7. The third-order valence-electron chi connectivity index (χ3n) is 10.3. The molecule has 52 heavy (non-hydrogen) atoms. The molecule has 0 aliphatic heterocycles. The number of carbonyl (C=O) groups excluding carboxylic acids is 3. The molecule has 0 aliphatic carbocycles. The second kappa shape index (κ2) is 40.2. The average molecular weight is 733 g/mol. The van der Waals surface area contributed by atoms with Crippen LogP contribution >= 0.6 is 0 Å². The number of carbonyl (C=O) groups is 3. The van der Waals surface area contributed by atoms with Gasteiger partial charge in [0.25, 0.3) is 0 Å². The molecule has 0 aliphatic rings. The van der Waals surface area contributed by atoms with Gasteiger partial charge in [-0.15, -0.1) is 0 Å². The molecule has 304 valence electrons. The van der Waals surface area contributed by atoms with Crippen LogP contribution in [0.25, 0.3) is 0 Å². The summed E-state index contributed by atoms with van der Waals surface area (Å²) in [5.74, 6) is 0.394. The number of hydrogen-bond acceptors (Lipinski definition) is 6. The molecule has 0 bridgehead atoms. The molecule has 0 amide bonds. The van der Waals surface area contributed by atoms with Crippen molar-refractivity contribution in [2.24, 2.45) is 5.92 Å². The Bertz CT molecular complexity index is 865. The molecule has 0 spiro atoms. The van der Waals surface area contributed by atoms with Crippen LogP contribution in [0.4, 0.5) is 0 Å². The van der Waals surface area contributed by atoms with E-state index in [2.05, 4.69) is 26.8 Å². The Morgan fingerprint density at radius 3 is 1.50 bits per heavy atom. The van der Waals surface area contributed by atoms with Gasteiger partial charge in [0.2, 0.25) is 0 Å². The fourth-order valence-electron chi connectivity index (χ4n) is 6.45. The van der Waals surface area contributed by atoms with E-state index in [1.807, 2.05) is 12.2 Å². The van der Waals surface area contributed by atoms with Gasteiger partial charge in [0.15, 0.2) is 11.9 Å². The fraction of sp³-hybridized carbons (Fsp3) is 0.848. The van der Waals surface area contributed by atoms with E-state index in [9.17, 15) is 19.5 Å². The summed E-state index contributed by atoms with van der Waals surface area (Å²) < 4.78 is 10.6. The van der Waals surface area contributed by atoms with Crippen LogP contribution in [0.2, 0.25) is 0 Å². The molecule has 0 aromatic heterocycles. The maximum absolute atomic E-state index is 12.2. The van der Waals surface area contributed by atoms with Crippen molar-refractivity contribution in [3.05, 3.63) is 24.3 Å². The first kappa shape index (κ1) is 50.1. The number of hydrogen-bond donors (Lipinski definition) is 1. The van der Waals surface area contributed by atoms with Gasteiger partial charge in [0, 0.05) is 19.3 Å². The van der Waals surface area contributed by atoms with E-state index in [0.717, 1.165) is 63.7 Å². The lowest BCUT2D eigenvalue weighted by atomic mass is 9.99. The van der Waals surface area contributed by atoms with Gasteiger partial charge in [-0.05, 0) is 44.1 Å². The van der Waals surface area contributed by atoms with Gasteiger partial charge in [-0.25, -0.2) is 0 Å². The number of aliphatic hydroxyl groups is 1. The number of ketones is 1. The van der Waals surface area contributed by atoms with Crippen molar-refractivity contribution < 1.29 is 29.0 Å². The molecule has 0 aromatic rings. The molecule has 0 rings (SSSR count). The van der Waals surface area contributed by atoms with Crippen molar-refractivity contribution in [1.29, 1.82) is 0 Å². The van der Waals surface area contributed by atoms with Crippen molar-refractivity contribution >= 4 is 17.7 Å². The van der Waals surface area contributed by atoms with Crippen LogP contribution in [-0.4, -0.2) is 42.1 Å². The largest absolute Gasteiger partial charge is 0.462 e. The van der Waals surface area contributed by atoms with E-state index < -0.39 is 6.10 Å². The predicted octanol–water partition coefficient (Wildman–Crippen LogP) is 13.3. The summed E-state index contributed by atoms with van der Waals surface area (Å²) in [5, 5.41) is 9.58. The normalized spacial score (nSPS) is 12.8. The van der Waals surface area contributed by atoms with Gasteiger partial charge in [-0.1, -0.05) is 193 Å². The van der Waals surface area contributed by atoms with Gasteiger partial charge in [0.05, 0.1) is 6.61 Å². The first-order valence-corrected chi connectivity index (χ1v) is 22.2. The zero-order valence-electron chi connectivity index (χ0n) is 34.5. The first-order chi connectivity index (χ1) is 25.4. The lowest BCUT2D eigenvalue weighted by molar-refractivity contribution is -0.161. The summed E-state index contributed by atoms with van der Waals surface area (Å²) in [6, 6.07) is 0. The summed E-state index contributed by atoms with van der Waals surface area (Å²) >= 11 is 0. The fourth-order valence-corrected chi connectivity index (χ4v) is 6.45. The van der Waals surface area contributed by atoms with Crippen molar-refractivity contribution in [2.45, 2.75) is 232 Å². The summed E-state index contributed by atoms with van der Waals surface area (Å²) in [6.07, 6.45) is 43.5. The standard InChI is InChI=1S/C46H84O6/c1-4-6-7-8-21-26-31-36-43(48)37-32-27-24-29-33-38-45(49)51-41-44(40-47)52-46(50)39-34-28-23-20-18-16-14-12-10-9-11-13-15-17-19-22-25-30-35-42(3)5-2/h21,26,31,36,42,44,47H,4-20,22-25,27-30,32-35,37-41H2,1-3H3/b26-21-,36-31+/t42?,44-/m0/s1. The molecular weight excluding hydrogens is 648 g/mol. The number of unbranched alkanes of at least 4 members (excludes halogenated alkanes) is 24. The molecule has 0 fully saturated rings. The van der Waals surface area contributed by atoms with Crippen LogP contribution in [0.5, 0.6) is 0 Å². The van der Waals surface area contributed by atoms with E-state index >= 15 is 0 Å². The van der Waals surface area contributed by atoms with Crippen LogP contribution < -0.4 is 0 Å². The second-order valence-corrected chi connectivity index (χ2v) is 15.4. The summed E-state index contributed by atoms with van der Waals surface area (Å²) in [6.45, 7) is 6.40. The molecule has 0 saturated heterocycles. The van der Waals surface area contributed by atoms with Crippen LogP contribution in [0.1, 0.15) is 226 Å². The van der Waals surface area contributed by atoms with Gasteiger partial charge >= 0.3 is 11.9 Å². The maximum atomic E-state index is 12.2. The van der Waals surface area contributed by atoms with Crippen molar-refractivity contribution in [1.82, 2.24) is 0 Å². The monoisotopic (exact) mass is 733 g/mol. The van der Waals surface area contributed by atoms with Crippen LogP contribution in [0.3, 0.4) is 0 Å². The predicted molar refractivity (Wildman–Crippen MR) is 219 cm³/mol. The minimum atomic E-state index is -0.807. The second-order valence-electron chi connectivity index (χ2n) is 15.4.